The van der Waals surface area contributed by atoms with Gasteiger partial charge in [0, 0.05) is 17.8 Å². The number of ether oxygens (including phenoxy) is 2. The van der Waals surface area contributed by atoms with Gasteiger partial charge in [0.1, 0.15) is 11.3 Å². The van der Waals surface area contributed by atoms with Crippen LogP contribution in [0.25, 0.3) is 21.9 Å². The summed E-state index contributed by atoms with van der Waals surface area (Å²) in [6.45, 7) is 4.03. The molecule has 0 unspecified atom stereocenters. The highest BCUT2D eigenvalue weighted by Crippen LogP contribution is 2.49. The monoisotopic (exact) mass is 481 g/mol. The van der Waals surface area contributed by atoms with Gasteiger partial charge in [0.15, 0.2) is 5.79 Å². The normalized spacial score (nSPS) is 26.3. The average molecular weight is 482 g/mol. The molecule has 3 aromatic heterocycles. The molecule has 4 aromatic rings. The van der Waals surface area contributed by atoms with Crippen molar-refractivity contribution in [1.29, 1.82) is 0 Å². The maximum atomic E-state index is 6.42. The fourth-order valence-electron chi connectivity index (χ4n) is 5.56. The van der Waals surface area contributed by atoms with Crippen molar-refractivity contribution in [3.8, 4) is 0 Å². The number of benzene rings is 1. The van der Waals surface area contributed by atoms with Crippen molar-refractivity contribution in [2.75, 3.05) is 0 Å². The van der Waals surface area contributed by atoms with E-state index in [2.05, 4.69) is 51.1 Å². The molecule has 4 heterocycles. The predicted octanol–water partition coefficient (Wildman–Crippen LogP) is 6.61. The maximum Gasteiger partial charge on any atom is 0.163 e. The Labute approximate surface area is 202 Å². The van der Waals surface area contributed by atoms with Gasteiger partial charge in [-0.1, -0.05) is 35.3 Å². The first-order valence-electron chi connectivity index (χ1n) is 11.4. The third-order valence-corrected chi connectivity index (χ3v) is 7.67. The van der Waals surface area contributed by atoms with Crippen molar-refractivity contribution in [2.24, 2.45) is 5.92 Å². The number of nitrogens with zero attached hydrogens (tertiary/aromatic N) is 3. The highest BCUT2D eigenvalue weighted by atomic mass is 35.5. The number of aryl methyl sites for hydroxylation is 1. The summed E-state index contributed by atoms with van der Waals surface area (Å²) in [6.07, 6.45) is 7.05. The lowest BCUT2D eigenvalue weighted by atomic mass is 9.95. The standard InChI is InChI=1S/C26H25Cl2N3O2/c1-26(2)32-23-17(8-6-15-5-7-16-13-18(27)25(28)30-20(16)12-15)14-22(24(23)33-26)31-11-9-19-21(31)4-3-10-29-19/h3-5,7,9-13,17,22-24H,6,8,14H2,1-2H3/t17-,22+,23+,24-/m0/s1. The number of halogens is 2. The van der Waals surface area contributed by atoms with Crippen molar-refractivity contribution in [3.05, 3.63) is 70.6 Å². The van der Waals surface area contributed by atoms with Crippen molar-refractivity contribution >= 4 is 45.1 Å². The molecule has 0 N–H and O–H groups in total. The molecular weight excluding hydrogens is 457 g/mol. The van der Waals surface area contributed by atoms with Crippen LogP contribution in [-0.2, 0) is 15.9 Å². The summed E-state index contributed by atoms with van der Waals surface area (Å²) in [5.41, 5.74) is 4.27. The van der Waals surface area contributed by atoms with E-state index >= 15 is 0 Å². The lowest BCUT2D eigenvalue weighted by molar-refractivity contribution is -0.160. The van der Waals surface area contributed by atoms with E-state index in [-0.39, 0.29) is 18.2 Å². The van der Waals surface area contributed by atoms with E-state index in [0.717, 1.165) is 41.2 Å². The van der Waals surface area contributed by atoms with Gasteiger partial charge >= 0.3 is 0 Å². The second-order valence-electron chi connectivity index (χ2n) is 9.59. The summed E-state index contributed by atoms with van der Waals surface area (Å²) < 4.78 is 15.2. The molecule has 0 radical (unpaired) electrons. The van der Waals surface area contributed by atoms with Gasteiger partial charge in [0.2, 0.25) is 0 Å². The minimum Gasteiger partial charge on any atom is -0.344 e. The molecule has 1 aromatic carbocycles. The van der Waals surface area contributed by atoms with Crippen molar-refractivity contribution in [3.63, 3.8) is 0 Å². The van der Waals surface area contributed by atoms with E-state index in [9.17, 15) is 0 Å². The zero-order chi connectivity index (χ0) is 22.7. The summed E-state index contributed by atoms with van der Waals surface area (Å²) in [6, 6.07) is 14.6. The zero-order valence-electron chi connectivity index (χ0n) is 18.5. The van der Waals surface area contributed by atoms with Gasteiger partial charge in [0.05, 0.1) is 33.7 Å². The van der Waals surface area contributed by atoms with Crippen LogP contribution in [0, 0.1) is 5.92 Å². The van der Waals surface area contributed by atoms with E-state index < -0.39 is 5.79 Å². The van der Waals surface area contributed by atoms with Crippen LogP contribution in [0.2, 0.25) is 10.2 Å². The first-order valence-corrected chi connectivity index (χ1v) is 12.2. The van der Waals surface area contributed by atoms with Crippen LogP contribution >= 0.6 is 23.2 Å². The van der Waals surface area contributed by atoms with Crippen LogP contribution in [0.4, 0.5) is 0 Å². The second-order valence-corrected chi connectivity index (χ2v) is 10.4. The molecule has 6 rings (SSSR count). The summed E-state index contributed by atoms with van der Waals surface area (Å²) in [4.78, 5) is 8.94. The Morgan fingerprint density at radius 1 is 1.06 bits per heavy atom. The summed E-state index contributed by atoms with van der Waals surface area (Å²) in [5, 5.41) is 1.82. The zero-order valence-corrected chi connectivity index (χ0v) is 20.1. The van der Waals surface area contributed by atoms with Gasteiger partial charge < -0.3 is 14.0 Å². The molecule has 1 saturated carbocycles. The molecular formula is C26H25Cl2N3O2. The van der Waals surface area contributed by atoms with E-state index in [1.807, 2.05) is 32.2 Å². The van der Waals surface area contributed by atoms with E-state index in [1.165, 1.54) is 5.56 Å². The molecule has 0 bridgehead atoms. The Bertz CT molecular complexity index is 1350. The van der Waals surface area contributed by atoms with Gasteiger partial charge in [-0.05, 0) is 74.9 Å². The first kappa shape index (κ1) is 21.4. The molecule has 0 amide bonds. The fourth-order valence-corrected chi connectivity index (χ4v) is 5.86. The molecule has 1 aliphatic heterocycles. The highest BCUT2D eigenvalue weighted by molar-refractivity contribution is 6.41. The van der Waals surface area contributed by atoms with Crippen LogP contribution in [0.5, 0.6) is 0 Å². The lowest BCUT2D eigenvalue weighted by Crippen LogP contribution is -2.27. The van der Waals surface area contributed by atoms with Gasteiger partial charge in [0.25, 0.3) is 0 Å². The van der Waals surface area contributed by atoms with Crippen molar-refractivity contribution < 1.29 is 9.47 Å². The maximum absolute atomic E-state index is 6.42. The highest BCUT2D eigenvalue weighted by Gasteiger charge is 2.54. The fraction of sp³-hybridized carbons (Fsp3) is 0.385. The third kappa shape index (κ3) is 3.81. The average Bonchev–Trinajstić information content (AvgIpc) is 3.44. The van der Waals surface area contributed by atoms with Gasteiger partial charge in [-0.15, -0.1) is 0 Å². The Balaban J connectivity index is 1.26. The topological polar surface area (TPSA) is 49.2 Å². The number of hydrogen-bond donors (Lipinski definition) is 0. The number of hydrogen-bond acceptors (Lipinski definition) is 4. The predicted molar refractivity (Wildman–Crippen MR) is 131 cm³/mol. The Morgan fingerprint density at radius 2 is 1.91 bits per heavy atom. The smallest absolute Gasteiger partial charge is 0.163 e. The van der Waals surface area contributed by atoms with E-state index in [4.69, 9.17) is 32.7 Å². The Kier molecular flexibility index (Phi) is 5.15. The number of fused-ring (bicyclic) bond motifs is 3. The summed E-state index contributed by atoms with van der Waals surface area (Å²) >= 11 is 12.2. The molecule has 0 spiro atoms. The van der Waals surface area contributed by atoms with Crippen LogP contribution < -0.4 is 0 Å². The van der Waals surface area contributed by atoms with Crippen LogP contribution in [0.1, 0.15) is 38.3 Å². The Hall–Kier alpha value is -2.18. The molecule has 2 fully saturated rings. The molecule has 2 aliphatic rings. The minimum atomic E-state index is -0.573. The SMILES string of the molecule is CC1(C)O[C@@H]2[C@@H](CCc3ccc4cc(Cl)c(Cl)nc4c3)C[C@@H](n3ccc4ncccc43)[C@@H]2O1. The largest absolute Gasteiger partial charge is 0.344 e. The van der Waals surface area contributed by atoms with E-state index in [0.29, 0.717) is 16.1 Å². The van der Waals surface area contributed by atoms with Crippen LogP contribution in [0.15, 0.2) is 54.9 Å². The molecule has 33 heavy (non-hydrogen) atoms. The molecule has 1 aliphatic carbocycles. The number of rotatable bonds is 4. The molecule has 5 nitrogen and oxygen atoms in total. The minimum absolute atomic E-state index is 0.0278. The quantitative estimate of drug-likeness (QED) is 0.308. The van der Waals surface area contributed by atoms with Crippen molar-refractivity contribution in [2.45, 2.75) is 57.1 Å². The number of aromatic nitrogens is 3. The van der Waals surface area contributed by atoms with Crippen LogP contribution in [0.3, 0.4) is 0 Å². The summed E-state index contributed by atoms with van der Waals surface area (Å²) in [7, 11) is 0. The lowest BCUT2D eigenvalue weighted by Gasteiger charge is -2.24. The Morgan fingerprint density at radius 3 is 2.79 bits per heavy atom. The van der Waals surface area contributed by atoms with Crippen LogP contribution in [-0.4, -0.2) is 32.5 Å². The second kappa shape index (κ2) is 7.95. The molecule has 170 valence electrons. The molecule has 7 heteroatoms. The van der Waals surface area contributed by atoms with Gasteiger partial charge in [-0.3, -0.25) is 4.98 Å². The van der Waals surface area contributed by atoms with E-state index in [1.54, 1.807) is 0 Å². The third-order valence-electron chi connectivity index (χ3n) is 6.99. The molecule has 1 saturated heterocycles. The summed E-state index contributed by atoms with van der Waals surface area (Å²) in [5.74, 6) is -0.176. The first-order chi connectivity index (χ1) is 15.9. The molecule has 4 atom stereocenters. The van der Waals surface area contributed by atoms with Gasteiger partial charge in [-0.25, -0.2) is 4.98 Å². The van der Waals surface area contributed by atoms with Gasteiger partial charge in [-0.2, -0.15) is 0 Å². The number of pyridine rings is 2. The van der Waals surface area contributed by atoms with Crippen molar-refractivity contribution in [1.82, 2.24) is 14.5 Å².